The van der Waals surface area contributed by atoms with Crippen molar-refractivity contribution in [3.05, 3.63) is 71.9 Å². The van der Waals surface area contributed by atoms with E-state index in [1.807, 2.05) is 68.4 Å². The number of carbonyl (C=O) groups excluding carboxylic acids is 1. The summed E-state index contributed by atoms with van der Waals surface area (Å²) < 4.78 is 5.25. The van der Waals surface area contributed by atoms with Crippen molar-refractivity contribution in [3.63, 3.8) is 0 Å². The van der Waals surface area contributed by atoms with Crippen LogP contribution < -0.4 is 4.90 Å². The van der Waals surface area contributed by atoms with Gasteiger partial charge in [0.1, 0.15) is 6.61 Å². The lowest BCUT2D eigenvalue weighted by Crippen LogP contribution is -2.08. The maximum Gasteiger partial charge on any atom is 0.339 e. The molecule has 1 heterocycles. The first-order valence-corrected chi connectivity index (χ1v) is 7.22. The standard InChI is InChI=1S/C19H21NO2/c1-5-7-15(8-6-2)18-17(13-22-19(18)21)14-9-11-16(12-10-14)20(3)4/h5-12H,1,13H2,2-4H3/b8-6-,15-7+. The minimum atomic E-state index is -0.280. The van der Waals surface area contributed by atoms with Gasteiger partial charge in [0.05, 0.1) is 5.57 Å². The quantitative estimate of drug-likeness (QED) is 0.612. The molecule has 1 aromatic rings. The van der Waals surface area contributed by atoms with E-state index >= 15 is 0 Å². The zero-order chi connectivity index (χ0) is 16.1. The van der Waals surface area contributed by atoms with Crippen molar-refractivity contribution >= 4 is 17.2 Å². The first-order valence-electron chi connectivity index (χ1n) is 7.22. The molecule has 0 saturated carbocycles. The number of anilines is 1. The molecule has 114 valence electrons. The van der Waals surface area contributed by atoms with Crippen LogP contribution in [-0.2, 0) is 9.53 Å². The topological polar surface area (TPSA) is 29.5 Å². The largest absolute Gasteiger partial charge is 0.457 e. The average Bonchev–Trinajstić information content (AvgIpc) is 2.89. The second kappa shape index (κ2) is 6.94. The zero-order valence-electron chi connectivity index (χ0n) is 13.3. The molecule has 3 nitrogen and oxygen atoms in total. The third kappa shape index (κ3) is 3.19. The van der Waals surface area contributed by atoms with Gasteiger partial charge in [-0.15, -0.1) is 0 Å². The summed E-state index contributed by atoms with van der Waals surface area (Å²) in [4.78, 5) is 14.2. The number of hydrogen-bond acceptors (Lipinski definition) is 3. The van der Waals surface area contributed by atoms with Gasteiger partial charge in [-0.3, -0.25) is 0 Å². The van der Waals surface area contributed by atoms with Crippen LogP contribution in [0.5, 0.6) is 0 Å². The first kappa shape index (κ1) is 15.8. The number of carbonyl (C=O) groups is 1. The Bertz CT molecular complexity index is 661. The Hall–Kier alpha value is -2.55. The highest BCUT2D eigenvalue weighted by atomic mass is 16.5. The lowest BCUT2D eigenvalue weighted by atomic mass is 9.95. The predicted molar refractivity (Wildman–Crippen MR) is 91.7 cm³/mol. The molecule has 0 N–H and O–H groups in total. The van der Waals surface area contributed by atoms with Gasteiger partial charge in [0.15, 0.2) is 0 Å². The van der Waals surface area contributed by atoms with Gasteiger partial charge in [0, 0.05) is 25.4 Å². The number of rotatable bonds is 5. The second-order valence-electron chi connectivity index (χ2n) is 5.23. The number of cyclic esters (lactones) is 1. The average molecular weight is 295 g/mol. The molecular formula is C19H21NO2. The van der Waals surface area contributed by atoms with Crippen LogP contribution in [-0.4, -0.2) is 26.7 Å². The summed E-state index contributed by atoms with van der Waals surface area (Å²) in [5.41, 5.74) is 4.49. The van der Waals surface area contributed by atoms with Crippen molar-refractivity contribution in [3.8, 4) is 0 Å². The van der Waals surface area contributed by atoms with Gasteiger partial charge in [0.2, 0.25) is 0 Å². The fraction of sp³-hybridized carbons (Fsp3) is 0.211. The van der Waals surface area contributed by atoms with E-state index in [2.05, 4.69) is 6.58 Å². The third-order valence-corrected chi connectivity index (χ3v) is 3.52. The maximum absolute atomic E-state index is 12.1. The van der Waals surface area contributed by atoms with E-state index in [-0.39, 0.29) is 5.97 Å². The lowest BCUT2D eigenvalue weighted by Gasteiger charge is -2.13. The van der Waals surface area contributed by atoms with Gasteiger partial charge in [-0.2, -0.15) is 0 Å². The maximum atomic E-state index is 12.1. The van der Waals surface area contributed by atoms with Crippen LogP contribution >= 0.6 is 0 Å². The van der Waals surface area contributed by atoms with E-state index in [0.29, 0.717) is 12.2 Å². The fourth-order valence-electron chi connectivity index (χ4n) is 2.41. The number of ether oxygens (including phenoxy) is 1. The van der Waals surface area contributed by atoms with Crippen LogP contribution in [0, 0.1) is 0 Å². The van der Waals surface area contributed by atoms with Crippen LogP contribution in [0.4, 0.5) is 5.69 Å². The molecule has 3 heteroatoms. The van der Waals surface area contributed by atoms with Gasteiger partial charge in [-0.1, -0.05) is 43.0 Å². The number of esters is 1. The minimum Gasteiger partial charge on any atom is -0.457 e. The summed E-state index contributed by atoms with van der Waals surface area (Å²) >= 11 is 0. The Balaban J connectivity index is 2.51. The highest BCUT2D eigenvalue weighted by molar-refractivity contribution is 6.06. The molecule has 1 aliphatic heterocycles. The smallest absolute Gasteiger partial charge is 0.339 e. The van der Waals surface area contributed by atoms with Crippen LogP contribution in [0.2, 0.25) is 0 Å². The SMILES string of the molecule is C=C/C=C(\C=C/C)C1=C(c2ccc(N(C)C)cc2)COC1=O. The highest BCUT2D eigenvalue weighted by Crippen LogP contribution is 2.32. The van der Waals surface area contributed by atoms with E-state index in [1.165, 1.54) is 0 Å². The lowest BCUT2D eigenvalue weighted by molar-refractivity contribution is -0.135. The molecule has 1 aromatic carbocycles. The number of nitrogens with zero attached hydrogens (tertiary/aromatic N) is 1. The summed E-state index contributed by atoms with van der Waals surface area (Å²) in [7, 11) is 4.00. The van der Waals surface area contributed by atoms with E-state index in [4.69, 9.17) is 4.74 Å². The normalized spacial score (nSPS) is 15.4. The molecule has 0 bridgehead atoms. The highest BCUT2D eigenvalue weighted by Gasteiger charge is 2.27. The van der Waals surface area contributed by atoms with Crippen LogP contribution in [0.1, 0.15) is 12.5 Å². The third-order valence-electron chi connectivity index (χ3n) is 3.52. The zero-order valence-corrected chi connectivity index (χ0v) is 13.3. The Kier molecular flexibility index (Phi) is 4.99. The summed E-state index contributed by atoms with van der Waals surface area (Å²) in [6.07, 6.45) is 7.31. The van der Waals surface area contributed by atoms with Crippen molar-refractivity contribution in [1.29, 1.82) is 0 Å². The van der Waals surface area contributed by atoms with Gasteiger partial charge in [0.25, 0.3) is 0 Å². The Labute approximate surface area is 131 Å². The first-order chi connectivity index (χ1) is 10.6. The van der Waals surface area contributed by atoms with E-state index in [0.717, 1.165) is 22.4 Å². The van der Waals surface area contributed by atoms with Gasteiger partial charge >= 0.3 is 5.97 Å². The van der Waals surface area contributed by atoms with Crippen molar-refractivity contribution < 1.29 is 9.53 Å². The Morgan fingerprint density at radius 2 is 1.95 bits per heavy atom. The summed E-state index contributed by atoms with van der Waals surface area (Å²) in [6, 6.07) is 8.12. The predicted octanol–water partition coefficient (Wildman–Crippen LogP) is 3.75. The molecule has 0 radical (unpaired) electrons. The van der Waals surface area contributed by atoms with Gasteiger partial charge in [-0.05, 0) is 30.2 Å². The molecule has 0 amide bonds. The monoisotopic (exact) mass is 295 g/mol. The summed E-state index contributed by atoms with van der Waals surface area (Å²) in [5.74, 6) is -0.280. The Morgan fingerprint density at radius 1 is 1.27 bits per heavy atom. The molecule has 2 rings (SSSR count). The molecule has 0 saturated heterocycles. The van der Waals surface area contributed by atoms with Crippen molar-refractivity contribution in [1.82, 2.24) is 0 Å². The molecule has 0 aromatic heterocycles. The fourth-order valence-corrected chi connectivity index (χ4v) is 2.41. The van der Waals surface area contributed by atoms with Crippen molar-refractivity contribution in [2.45, 2.75) is 6.92 Å². The van der Waals surface area contributed by atoms with E-state index in [1.54, 1.807) is 6.08 Å². The summed E-state index contributed by atoms with van der Waals surface area (Å²) in [6.45, 7) is 5.94. The minimum absolute atomic E-state index is 0.280. The molecule has 0 fully saturated rings. The molecule has 0 unspecified atom stereocenters. The van der Waals surface area contributed by atoms with Crippen LogP contribution in [0.15, 0.2) is 66.3 Å². The summed E-state index contributed by atoms with van der Waals surface area (Å²) in [5, 5.41) is 0. The molecule has 0 atom stereocenters. The van der Waals surface area contributed by atoms with Gasteiger partial charge < -0.3 is 9.64 Å². The number of hydrogen-bond donors (Lipinski definition) is 0. The molecule has 22 heavy (non-hydrogen) atoms. The molecule has 0 spiro atoms. The van der Waals surface area contributed by atoms with Gasteiger partial charge in [-0.25, -0.2) is 4.79 Å². The van der Waals surface area contributed by atoms with Crippen molar-refractivity contribution in [2.24, 2.45) is 0 Å². The molecule has 1 aliphatic rings. The second-order valence-corrected chi connectivity index (χ2v) is 5.23. The van der Waals surface area contributed by atoms with E-state index in [9.17, 15) is 4.79 Å². The van der Waals surface area contributed by atoms with Crippen LogP contribution in [0.3, 0.4) is 0 Å². The van der Waals surface area contributed by atoms with E-state index < -0.39 is 0 Å². The Morgan fingerprint density at radius 3 is 2.50 bits per heavy atom. The number of allylic oxidation sites excluding steroid dienone is 4. The van der Waals surface area contributed by atoms with Crippen LogP contribution in [0.25, 0.3) is 5.57 Å². The molecular weight excluding hydrogens is 274 g/mol. The number of benzene rings is 1. The van der Waals surface area contributed by atoms with Crippen molar-refractivity contribution in [2.75, 3.05) is 25.6 Å². The molecule has 0 aliphatic carbocycles.